The first kappa shape index (κ1) is 17.6. The number of ether oxygens (including phenoxy) is 2. The predicted molar refractivity (Wildman–Crippen MR) is 105 cm³/mol. The van der Waals surface area contributed by atoms with Gasteiger partial charge in [0.25, 0.3) is 0 Å². The van der Waals surface area contributed by atoms with Gasteiger partial charge in [0.05, 0.1) is 19.8 Å². The maximum Gasteiger partial charge on any atom is 0.200 e. The third kappa shape index (κ3) is 2.98. The molecule has 3 aromatic rings. The molecule has 0 bridgehead atoms. The molecule has 1 N–H and O–H groups in total. The third-order valence-corrected chi connectivity index (χ3v) is 5.32. The Hall–Kier alpha value is -2.79. The normalized spacial score (nSPS) is 16.3. The first-order valence-electron chi connectivity index (χ1n) is 8.61. The molecule has 1 aromatic heterocycles. The topological polar surface area (TPSA) is 68.4 Å². The largest absolute Gasteiger partial charge is 0.497 e. The highest BCUT2D eigenvalue weighted by Crippen LogP contribution is 2.38. The third-order valence-electron chi connectivity index (χ3n) is 5.08. The summed E-state index contributed by atoms with van der Waals surface area (Å²) < 4.78 is 10.7. The summed E-state index contributed by atoms with van der Waals surface area (Å²) in [6, 6.07) is 10.7. The minimum Gasteiger partial charge on any atom is -0.497 e. The Morgan fingerprint density at radius 1 is 1.04 bits per heavy atom. The van der Waals surface area contributed by atoms with E-state index in [1.165, 1.54) is 0 Å². The molecular weight excluding hydrogens is 366 g/mol. The van der Waals surface area contributed by atoms with Crippen molar-refractivity contribution < 1.29 is 14.3 Å². The van der Waals surface area contributed by atoms with Crippen molar-refractivity contribution in [1.29, 1.82) is 0 Å². The van der Waals surface area contributed by atoms with E-state index >= 15 is 0 Å². The van der Waals surface area contributed by atoms with Crippen LogP contribution >= 0.6 is 11.6 Å². The van der Waals surface area contributed by atoms with Gasteiger partial charge in [-0.15, -0.1) is 0 Å². The molecule has 1 unspecified atom stereocenters. The second kappa shape index (κ2) is 6.74. The molecule has 0 fully saturated rings. The lowest BCUT2D eigenvalue weighted by molar-refractivity contribution is 0.0962. The molecule has 1 heterocycles. The van der Waals surface area contributed by atoms with Crippen molar-refractivity contribution in [3.8, 4) is 11.5 Å². The average Bonchev–Trinajstić information content (AvgIpc) is 2.67. The number of halogens is 1. The standard InChI is InChI=1S/C21H18ClNO4/c1-26-13-4-5-14(19(10-13)27-2)11-7-17-20(18(24)8-11)21(25)15-9-12(22)3-6-16(15)23-17/h3-6,9-11H,7-8H2,1-2H3,(H,23,25). The van der Waals surface area contributed by atoms with Gasteiger partial charge in [-0.05, 0) is 36.2 Å². The summed E-state index contributed by atoms with van der Waals surface area (Å²) in [5.74, 6) is 1.12. The Kier molecular flexibility index (Phi) is 4.40. The molecule has 0 aliphatic heterocycles. The SMILES string of the molecule is COc1ccc(C2CC(=O)c3c([nH]c4ccc(Cl)cc4c3=O)C2)c(OC)c1. The van der Waals surface area contributed by atoms with Gasteiger partial charge in [-0.25, -0.2) is 0 Å². The van der Waals surface area contributed by atoms with Gasteiger partial charge in [0.15, 0.2) is 5.78 Å². The summed E-state index contributed by atoms with van der Waals surface area (Å²) in [5, 5.41) is 0.909. The number of hydrogen-bond acceptors (Lipinski definition) is 4. The van der Waals surface area contributed by atoms with Crippen LogP contribution in [0, 0.1) is 0 Å². The lowest BCUT2D eigenvalue weighted by Crippen LogP contribution is -2.27. The molecule has 1 aliphatic carbocycles. The highest BCUT2D eigenvalue weighted by molar-refractivity contribution is 6.31. The average molecular weight is 384 g/mol. The predicted octanol–water partition coefficient (Wildman–Crippen LogP) is 4.11. The summed E-state index contributed by atoms with van der Waals surface area (Å²) in [4.78, 5) is 28.9. The highest BCUT2D eigenvalue weighted by Gasteiger charge is 2.31. The number of Topliss-reactive ketones (excluding diaryl/α,β-unsaturated/α-hetero) is 1. The minimum absolute atomic E-state index is 0.0775. The van der Waals surface area contributed by atoms with E-state index in [4.69, 9.17) is 21.1 Å². The van der Waals surface area contributed by atoms with Crippen LogP contribution < -0.4 is 14.9 Å². The number of benzene rings is 2. The fraction of sp³-hybridized carbons (Fsp3) is 0.238. The van der Waals surface area contributed by atoms with Gasteiger partial charge in [0.2, 0.25) is 5.43 Å². The Labute approximate surface area is 160 Å². The molecular formula is C21H18ClNO4. The van der Waals surface area contributed by atoms with Gasteiger partial charge in [-0.2, -0.15) is 0 Å². The van der Waals surface area contributed by atoms with E-state index in [2.05, 4.69) is 4.98 Å². The molecule has 138 valence electrons. The van der Waals surface area contributed by atoms with E-state index in [0.29, 0.717) is 39.5 Å². The number of aromatic nitrogens is 1. The molecule has 5 nitrogen and oxygen atoms in total. The number of hydrogen-bond donors (Lipinski definition) is 1. The van der Waals surface area contributed by atoms with Crippen LogP contribution in [0.5, 0.6) is 11.5 Å². The van der Waals surface area contributed by atoms with E-state index < -0.39 is 0 Å². The van der Waals surface area contributed by atoms with Gasteiger partial charge >= 0.3 is 0 Å². The van der Waals surface area contributed by atoms with E-state index in [9.17, 15) is 9.59 Å². The van der Waals surface area contributed by atoms with Crippen LogP contribution in [-0.2, 0) is 6.42 Å². The van der Waals surface area contributed by atoms with Crippen LogP contribution in [0.2, 0.25) is 5.02 Å². The summed E-state index contributed by atoms with van der Waals surface area (Å²) in [6.07, 6.45) is 0.808. The van der Waals surface area contributed by atoms with E-state index in [0.717, 1.165) is 5.56 Å². The molecule has 4 rings (SSSR count). The van der Waals surface area contributed by atoms with Crippen molar-refractivity contribution in [3.05, 3.63) is 68.5 Å². The zero-order valence-electron chi connectivity index (χ0n) is 15.0. The number of fused-ring (bicyclic) bond motifs is 2. The molecule has 0 saturated carbocycles. The fourth-order valence-electron chi connectivity index (χ4n) is 3.78. The van der Waals surface area contributed by atoms with Crippen molar-refractivity contribution in [2.45, 2.75) is 18.8 Å². The molecule has 0 saturated heterocycles. The van der Waals surface area contributed by atoms with Gasteiger partial charge in [0, 0.05) is 40.0 Å². The molecule has 0 spiro atoms. The monoisotopic (exact) mass is 383 g/mol. The lowest BCUT2D eigenvalue weighted by atomic mass is 9.80. The number of carbonyl (C=O) groups excluding carboxylic acids is 1. The van der Waals surface area contributed by atoms with Gasteiger partial charge in [-0.3, -0.25) is 9.59 Å². The quantitative estimate of drug-likeness (QED) is 0.739. The second-order valence-electron chi connectivity index (χ2n) is 6.63. The summed E-state index contributed by atoms with van der Waals surface area (Å²) in [7, 11) is 3.19. The molecule has 0 amide bonds. The maximum atomic E-state index is 12.8. The number of rotatable bonds is 3. The number of aromatic amines is 1. The Bertz CT molecular complexity index is 1120. The summed E-state index contributed by atoms with van der Waals surface area (Å²) >= 11 is 6.01. The number of nitrogens with one attached hydrogen (secondary N) is 1. The van der Waals surface area contributed by atoms with Crippen molar-refractivity contribution in [3.63, 3.8) is 0 Å². The second-order valence-corrected chi connectivity index (χ2v) is 7.07. The molecule has 6 heteroatoms. The molecule has 27 heavy (non-hydrogen) atoms. The Balaban J connectivity index is 1.82. The van der Waals surface area contributed by atoms with Crippen molar-refractivity contribution in [2.24, 2.45) is 0 Å². The van der Waals surface area contributed by atoms with Crippen molar-refractivity contribution in [1.82, 2.24) is 4.98 Å². The number of carbonyl (C=O) groups is 1. The zero-order valence-corrected chi connectivity index (χ0v) is 15.7. The van der Waals surface area contributed by atoms with Crippen LogP contribution in [0.25, 0.3) is 10.9 Å². The first-order valence-corrected chi connectivity index (χ1v) is 8.99. The van der Waals surface area contributed by atoms with E-state index in [1.807, 2.05) is 12.1 Å². The highest BCUT2D eigenvalue weighted by atomic mass is 35.5. The fourth-order valence-corrected chi connectivity index (χ4v) is 3.95. The van der Waals surface area contributed by atoms with E-state index in [1.54, 1.807) is 38.5 Å². The first-order chi connectivity index (χ1) is 13.0. The maximum absolute atomic E-state index is 12.8. The summed E-state index contributed by atoms with van der Waals surface area (Å²) in [5.41, 5.74) is 2.25. The smallest absolute Gasteiger partial charge is 0.200 e. The Morgan fingerprint density at radius 3 is 2.59 bits per heavy atom. The molecule has 0 radical (unpaired) electrons. The number of H-pyrrole nitrogens is 1. The van der Waals surface area contributed by atoms with Crippen LogP contribution in [-0.4, -0.2) is 25.0 Å². The van der Waals surface area contributed by atoms with Crippen molar-refractivity contribution in [2.75, 3.05) is 14.2 Å². The number of pyridine rings is 1. The number of methoxy groups -OCH3 is 2. The minimum atomic E-state index is -0.258. The van der Waals surface area contributed by atoms with Crippen LogP contribution in [0.1, 0.15) is 34.0 Å². The Morgan fingerprint density at radius 2 is 1.85 bits per heavy atom. The van der Waals surface area contributed by atoms with Crippen LogP contribution in [0.3, 0.4) is 0 Å². The van der Waals surface area contributed by atoms with Gasteiger partial charge in [-0.1, -0.05) is 17.7 Å². The molecule has 1 atom stereocenters. The van der Waals surface area contributed by atoms with Crippen LogP contribution in [0.15, 0.2) is 41.2 Å². The van der Waals surface area contributed by atoms with Gasteiger partial charge in [0.1, 0.15) is 11.5 Å². The number of ketones is 1. The van der Waals surface area contributed by atoms with Crippen molar-refractivity contribution >= 4 is 28.3 Å². The lowest BCUT2D eigenvalue weighted by Gasteiger charge is -2.25. The summed E-state index contributed by atoms with van der Waals surface area (Å²) in [6.45, 7) is 0. The molecule has 2 aromatic carbocycles. The van der Waals surface area contributed by atoms with E-state index in [-0.39, 0.29) is 29.1 Å². The van der Waals surface area contributed by atoms with Crippen LogP contribution in [0.4, 0.5) is 0 Å². The molecule has 1 aliphatic rings. The van der Waals surface area contributed by atoms with Gasteiger partial charge < -0.3 is 14.5 Å². The zero-order chi connectivity index (χ0) is 19.1.